The molecular formula is C13H7ClN2O3. The molecule has 1 heterocycles. The topological polar surface area (TPSA) is 83.2 Å². The lowest BCUT2D eigenvalue weighted by molar-refractivity contribution is 0.0694. The molecule has 0 amide bonds. The number of halogens is 1. The van der Waals surface area contributed by atoms with E-state index < -0.39 is 5.97 Å². The Balaban J connectivity index is 2.43. The normalized spacial score (nSPS) is 9.68. The van der Waals surface area contributed by atoms with Crippen LogP contribution in [0.1, 0.15) is 15.9 Å². The predicted octanol–water partition coefficient (Wildman–Crippen LogP) is 3.10. The molecule has 2 rings (SSSR count). The van der Waals surface area contributed by atoms with Crippen LogP contribution in [0.15, 0.2) is 36.7 Å². The summed E-state index contributed by atoms with van der Waals surface area (Å²) in [6, 6.07) is 7.73. The number of benzene rings is 1. The van der Waals surface area contributed by atoms with Gasteiger partial charge in [0.25, 0.3) is 0 Å². The lowest BCUT2D eigenvalue weighted by Gasteiger charge is -2.09. The van der Waals surface area contributed by atoms with Crippen molar-refractivity contribution in [3.05, 3.63) is 52.8 Å². The maximum Gasteiger partial charge on any atom is 0.339 e. The molecule has 0 aliphatic carbocycles. The van der Waals surface area contributed by atoms with Crippen molar-refractivity contribution >= 4 is 17.6 Å². The van der Waals surface area contributed by atoms with Gasteiger partial charge in [0.2, 0.25) is 0 Å². The highest BCUT2D eigenvalue weighted by Gasteiger charge is 2.13. The van der Waals surface area contributed by atoms with E-state index in [-0.39, 0.29) is 22.6 Å². The molecular weight excluding hydrogens is 268 g/mol. The van der Waals surface area contributed by atoms with E-state index in [9.17, 15) is 4.79 Å². The molecule has 0 saturated heterocycles. The second-order valence-electron chi connectivity index (χ2n) is 3.53. The number of nitriles is 1. The van der Waals surface area contributed by atoms with Gasteiger partial charge in [0.05, 0.1) is 11.8 Å². The number of hydrogen-bond acceptors (Lipinski definition) is 4. The van der Waals surface area contributed by atoms with Gasteiger partial charge >= 0.3 is 5.97 Å². The third kappa shape index (κ3) is 2.81. The van der Waals surface area contributed by atoms with Crippen LogP contribution in [0.25, 0.3) is 0 Å². The van der Waals surface area contributed by atoms with Crippen molar-refractivity contribution in [1.29, 1.82) is 5.26 Å². The molecule has 0 aliphatic heterocycles. The van der Waals surface area contributed by atoms with Crippen molar-refractivity contribution in [2.24, 2.45) is 0 Å². The van der Waals surface area contributed by atoms with Crippen molar-refractivity contribution in [3.8, 4) is 17.6 Å². The molecule has 0 radical (unpaired) electrons. The van der Waals surface area contributed by atoms with E-state index in [1.807, 2.05) is 6.07 Å². The number of carboxylic acids is 1. The van der Waals surface area contributed by atoms with Crippen LogP contribution < -0.4 is 4.74 Å². The lowest BCUT2D eigenvalue weighted by atomic mass is 10.2. The highest BCUT2D eigenvalue weighted by molar-refractivity contribution is 6.30. The number of ether oxygens (including phenoxy) is 1. The van der Waals surface area contributed by atoms with Gasteiger partial charge in [0.1, 0.15) is 17.4 Å². The zero-order chi connectivity index (χ0) is 13.8. The maximum atomic E-state index is 11.0. The van der Waals surface area contributed by atoms with E-state index in [0.717, 1.165) is 0 Å². The SMILES string of the molecule is N#Cc1cc(Cl)ccc1Oc1cnccc1C(=O)O. The van der Waals surface area contributed by atoms with Gasteiger partial charge in [-0.3, -0.25) is 4.98 Å². The molecule has 0 saturated carbocycles. The molecule has 0 fully saturated rings. The zero-order valence-electron chi connectivity index (χ0n) is 9.50. The van der Waals surface area contributed by atoms with Gasteiger partial charge in [-0.15, -0.1) is 0 Å². The number of pyridine rings is 1. The Hall–Kier alpha value is -2.58. The number of aromatic carboxylic acids is 1. The van der Waals surface area contributed by atoms with Crippen LogP contribution >= 0.6 is 11.6 Å². The number of hydrogen-bond donors (Lipinski definition) is 1. The van der Waals surface area contributed by atoms with Crippen LogP contribution in [0.5, 0.6) is 11.5 Å². The fourth-order valence-corrected chi connectivity index (χ4v) is 1.61. The maximum absolute atomic E-state index is 11.0. The molecule has 19 heavy (non-hydrogen) atoms. The molecule has 0 aliphatic rings. The number of carboxylic acid groups (broad SMARTS) is 1. The van der Waals surface area contributed by atoms with E-state index in [1.54, 1.807) is 6.07 Å². The summed E-state index contributed by atoms with van der Waals surface area (Å²) >= 11 is 5.77. The van der Waals surface area contributed by atoms with Gasteiger partial charge in [-0.1, -0.05) is 11.6 Å². The van der Waals surface area contributed by atoms with Gasteiger partial charge in [-0.25, -0.2) is 4.79 Å². The summed E-state index contributed by atoms with van der Waals surface area (Å²) in [4.78, 5) is 14.8. The summed E-state index contributed by atoms with van der Waals surface area (Å²) in [5.41, 5.74) is 0.182. The molecule has 0 bridgehead atoms. The smallest absolute Gasteiger partial charge is 0.339 e. The van der Waals surface area contributed by atoms with Crippen LogP contribution in [0.3, 0.4) is 0 Å². The third-order valence-corrected chi connectivity index (χ3v) is 2.53. The Bertz CT molecular complexity index is 680. The molecule has 1 N–H and O–H groups in total. The molecule has 6 heteroatoms. The van der Waals surface area contributed by atoms with Crippen molar-refractivity contribution in [3.63, 3.8) is 0 Å². The Morgan fingerprint density at radius 3 is 2.84 bits per heavy atom. The minimum absolute atomic E-state index is 0.0335. The predicted molar refractivity (Wildman–Crippen MR) is 67.4 cm³/mol. The number of nitrogens with zero attached hydrogens (tertiary/aromatic N) is 2. The summed E-state index contributed by atoms with van der Waals surface area (Å²) in [5.74, 6) is -0.846. The Morgan fingerprint density at radius 2 is 2.16 bits per heavy atom. The van der Waals surface area contributed by atoms with Gasteiger partial charge in [0.15, 0.2) is 5.75 Å². The van der Waals surface area contributed by atoms with Crippen molar-refractivity contribution in [2.45, 2.75) is 0 Å². The van der Waals surface area contributed by atoms with Gasteiger partial charge in [0, 0.05) is 11.2 Å². The molecule has 1 aromatic heterocycles. The molecule has 0 unspecified atom stereocenters. The minimum atomic E-state index is -1.13. The summed E-state index contributed by atoms with van der Waals surface area (Å²) in [6.45, 7) is 0. The first-order chi connectivity index (χ1) is 9.11. The number of carbonyl (C=O) groups is 1. The van der Waals surface area contributed by atoms with Gasteiger partial charge in [-0.2, -0.15) is 5.26 Å². The Morgan fingerprint density at radius 1 is 1.37 bits per heavy atom. The molecule has 1 aromatic carbocycles. The average Bonchev–Trinajstić information content (AvgIpc) is 2.41. The number of rotatable bonds is 3. The average molecular weight is 275 g/mol. The summed E-state index contributed by atoms with van der Waals surface area (Å²) in [6.07, 6.45) is 2.63. The van der Waals surface area contributed by atoms with Crippen LogP contribution in [0.4, 0.5) is 0 Å². The quantitative estimate of drug-likeness (QED) is 0.930. The van der Waals surface area contributed by atoms with E-state index in [0.29, 0.717) is 5.02 Å². The summed E-state index contributed by atoms with van der Waals surface area (Å²) < 4.78 is 5.42. The highest BCUT2D eigenvalue weighted by atomic mass is 35.5. The van der Waals surface area contributed by atoms with Crippen molar-refractivity contribution in [1.82, 2.24) is 4.98 Å². The monoisotopic (exact) mass is 274 g/mol. The van der Waals surface area contributed by atoms with E-state index in [4.69, 9.17) is 26.7 Å². The van der Waals surface area contributed by atoms with E-state index in [1.165, 1.54) is 30.6 Å². The van der Waals surface area contributed by atoms with Crippen molar-refractivity contribution in [2.75, 3.05) is 0 Å². The standard InChI is InChI=1S/C13H7ClN2O3/c14-9-1-2-11(8(5-9)6-15)19-12-7-16-4-3-10(12)13(17)18/h1-5,7H,(H,17,18). The number of aromatic nitrogens is 1. The van der Waals surface area contributed by atoms with E-state index in [2.05, 4.69) is 4.98 Å². The fraction of sp³-hybridized carbons (Fsp3) is 0. The second-order valence-corrected chi connectivity index (χ2v) is 3.97. The van der Waals surface area contributed by atoms with Gasteiger partial charge < -0.3 is 9.84 Å². The van der Waals surface area contributed by atoms with Crippen LogP contribution in [0, 0.1) is 11.3 Å². The highest BCUT2D eigenvalue weighted by Crippen LogP contribution is 2.29. The minimum Gasteiger partial charge on any atom is -0.478 e. The van der Waals surface area contributed by atoms with E-state index >= 15 is 0 Å². The van der Waals surface area contributed by atoms with Gasteiger partial charge in [-0.05, 0) is 24.3 Å². The third-order valence-electron chi connectivity index (χ3n) is 2.30. The first-order valence-corrected chi connectivity index (χ1v) is 5.54. The van der Waals surface area contributed by atoms with Crippen LogP contribution in [0.2, 0.25) is 5.02 Å². The Labute approximate surface area is 113 Å². The van der Waals surface area contributed by atoms with Crippen LogP contribution in [-0.2, 0) is 0 Å². The first kappa shape index (κ1) is 12.9. The Kier molecular flexibility index (Phi) is 3.64. The van der Waals surface area contributed by atoms with Crippen molar-refractivity contribution < 1.29 is 14.6 Å². The summed E-state index contributed by atoms with van der Waals surface area (Å²) in [5, 5.41) is 18.4. The molecule has 2 aromatic rings. The lowest BCUT2D eigenvalue weighted by Crippen LogP contribution is -2.01. The molecule has 94 valence electrons. The summed E-state index contributed by atoms with van der Waals surface area (Å²) in [7, 11) is 0. The van der Waals surface area contributed by atoms with Crippen LogP contribution in [-0.4, -0.2) is 16.1 Å². The molecule has 0 atom stereocenters. The largest absolute Gasteiger partial charge is 0.478 e. The molecule has 0 spiro atoms. The second kappa shape index (κ2) is 5.38. The fourth-order valence-electron chi connectivity index (χ4n) is 1.44. The first-order valence-electron chi connectivity index (χ1n) is 5.16. The zero-order valence-corrected chi connectivity index (χ0v) is 10.3. The molecule has 5 nitrogen and oxygen atoms in total.